The zero-order valence-corrected chi connectivity index (χ0v) is 17.5. The predicted octanol–water partition coefficient (Wildman–Crippen LogP) is 5.37. The zero-order valence-electron chi connectivity index (χ0n) is 16.8. The number of nitrogens with zero attached hydrogens (tertiary/aromatic N) is 2. The molecule has 2 N–H and O–H groups in total. The summed E-state index contributed by atoms with van der Waals surface area (Å²) in [5.74, 6) is -1.13. The summed E-state index contributed by atoms with van der Waals surface area (Å²) in [5, 5.41) is 17.7. The molecule has 1 aromatic heterocycles. The number of nitrogens with one attached hydrogen (secondary N) is 1. The third-order valence-corrected chi connectivity index (χ3v) is 6.52. The fourth-order valence-corrected chi connectivity index (χ4v) is 4.40. The van der Waals surface area contributed by atoms with E-state index in [0.717, 1.165) is 30.4 Å². The molecule has 1 heterocycles. The topological polar surface area (TPSA) is 84.2 Å². The number of carboxylic acid groups (broad SMARTS) is 1. The molecule has 2 aliphatic rings. The third kappa shape index (κ3) is 3.95. The first-order valence-electron chi connectivity index (χ1n) is 10.5. The van der Waals surface area contributed by atoms with Crippen molar-refractivity contribution in [3.63, 3.8) is 0 Å². The van der Waals surface area contributed by atoms with Crippen LogP contribution >= 0.6 is 11.6 Å². The second-order valence-electron chi connectivity index (χ2n) is 8.35. The van der Waals surface area contributed by atoms with Gasteiger partial charge < -0.3 is 10.4 Å². The van der Waals surface area contributed by atoms with E-state index in [4.69, 9.17) is 11.6 Å². The number of amides is 1. The molecule has 158 valence electrons. The number of carbonyl (C=O) groups excluding carboxylic acids is 1. The lowest BCUT2D eigenvalue weighted by Crippen LogP contribution is -2.17. The summed E-state index contributed by atoms with van der Waals surface area (Å²) in [7, 11) is 0. The Bertz CT molecular complexity index is 1170. The lowest BCUT2D eigenvalue weighted by Gasteiger charge is -2.25. The Balaban J connectivity index is 1.32. The Morgan fingerprint density at radius 3 is 2.71 bits per heavy atom. The van der Waals surface area contributed by atoms with E-state index in [9.17, 15) is 14.7 Å². The minimum atomic E-state index is -1.04. The molecule has 1 amide bonds. The largest absolute Gasteiger partial charge is 0.478 e. The molecular formula is C24H22ClN3O3. The van der Waals surface area contributed by atoms with E-state index < -0.39 is 5.97 Å². The van der Waals surface area contributed by atoms with Crippen molar-refractivity contribution in [3.05, 3.63) is 71.0 Å². The Morgan fingerprint density at radius 1 is 1.16 bits per heavy atom. The van der Waals surface area contributed by atoms with Crippen molar-refractivity contribution in [1.82, 2.24) is 9.78 Å². The van der Waals surface area contributed by atoms with Crippen molar-refractivity contribution in [2.24, 2.45) is 5.92 Å². The fourth-order valence-electron chi connectivity index (χ4n) is 4.20. The monoisotopic (exact) mass is 435 g/mol. The number of rotatable bonds is 6. The van der Waals surface area contributed by atoms with Gasteiger partial charge in [-0.05, 0) is 67.0 Å². The molecule has 2 fully saturated rings. The first-order chi connectivity index (χ1) is 15.0. The number of aromatic carboxylic acids is 1. The predicted molar refractivity (Wildman–Crippen MR) is 118 cm³/mol. The Hall–Kier alpha value is -3.12. The van der Waals surface area contributed by atoms with Crippen LogP contribution in [0.25, 0.3) is 11.1 Å². The van der Waals surface area contributed by atoms with Crippen LogP contribution in [-0.4, -0.2) is 26.8 Å². The number of benzene rings is 2. The molecule has 0 spiro atoms. The molecular weight excluding hydrogens is 414 g/mol. The van der Waals surface area contributed by atoms with Gasteiger partial charge in [0.05, 0.1) is 17.8 Å². The SMILES string of the molecule is O=C(O)c1cc(NC(=O)C2CC2c2cccc(Cl)c2)ccc1-c1cnn(C2CCC2)c1. The van der Waals surface area contributed by atoms with E-state index in [1.54, 1.807) is 18.3 Å². The molecule has 2 unspecified atom stereocenters. The molecule has 7 heteroatoms. The summed E-state index contributed by atoms with van der Waals surface area (Å²) in [6.45, 7) is 0. The Kier molecular flexibility index (Phi) is 5.02. The average molecular weight is 436 g/mol. The van der Waals surface area contributed by atoms with E-state index in [1.807, 2.05) is 35.1 Å². The van der Waals surface area contributed by atoms with Gasteiger partial charge >= 0.3 is 5.97 Å². The molecule has 2 aliphatic carbocycles. The number of hydrogen-bond donors (Lipinski definition) is 2. The van der Waals surface area contributed by atoms with E-state index in [1.165, 1.54) is 12.5 Å². The highest BCUT2D eigenvalue weighted by Crippen LogP contribution is 2.48. The van der Waals surface area contributed by atoms with Crippen LogP contribution in [-0.2, 0) is 4.79 Å². The summed E-state index contributed by atoms with van der Waals surface area (Å²) < 4.78 is 1.92. The molecule has 2 aromatic carbocycles. The first-order valence-corrected chi connectivity index (χ1v) is 10.9. The standard InChI is InChI=1S/C24H22ClN3O3/c25-16-4-1-3-14(9-16)20-11-21(20)23(29)27-17-7-8-19(22(10-17)24(30)31)15-12-26-28(13-15)18-5-2-6-18/h1,3-4,7-10,12-13,18,20-21H,2,5-6,11H2,(H,27,29)(H,30,31). The van der Waals surface area contributed by atoms with Crippen LogP contribution in [0.3, 0.4) is 0 Å². The third-order valence-electron chi connectivity index (χ3n) is 6.28. The van der Waals surface area contributed by atoms with Crippen LogP contribution < -0.4 is 5.32 Å². The number of carboxylic acids is 1. The molecule has 31 heavy (non-hydrogen) atoms. The maximum Gasteiger partial charge on any atom is 0.336 e. The highest BCUT2D eigenvalue weighted by atomic mass is 35.5. The zero-order chi connectivity index (χ0) is 21.5. The number of aromatic nitrogens is 2. The van der Waals surface area contributed by atoms with Crippen LogP contribution in [0.2, 0.25) is 5.02 Å². The quantitative estimate of drug-likeness (QED) is 0.545. The average Bonchev–Trinajstić information content (AvgIpc) is 3.38. The molecule has 2 atom stereocenters. The van der Waals surface area contributed by atoms with E-state index in [0.29, 0.717) is 22.3 Å². The van der Waals surface area contributed by atoms with E-state index >= 15 is 0 Å². The molecule has 3 aromatic rings. The van der Waals surface area contributed by atoms with Crippen LogP contribution in [0.15, 0.2) is 54.9 Å². The van der Waals surface area contributed by atoms with Crippen molar-refractivity contribution >= 4 is 29.2 Å². The van der Waals surface area contributed by atoms with Gasteiger partial charge in [-0.25, -0.2) is 4.79 Å². The van der Waals surface area contributed by atoms with Crippen LogP contribution in [0.1, 0.15) is 53.6 Å². The summed E-state index contributed by atoms with van der Waals surface area (Å²) in [6.07, 6.45) is 7.79. The maximum absolute atomic E-state index is 12.7. The highest BCUT2D eigenvalue weighted by Gasteiger charge is 2.44. The van der Waals surface area contributed by atoms with E-state index in [2.05, 4.69) is 10.4 Å². The van der Waals surface area contributed by atoms with Crippen LogP contribution in [0, 0.1) is 5.92 Å². The molecule has 0 saturated heterocycles. The van der Waals surface area contributed by atoms with Gasteiger partial charge in [0.25, 0.3) is 0 Å². The molecule has 0 bridgehead atoms. The second kappa shape index (κ2) is 7.85. The molecule has 0 radical (unpaired) electrons. The minimum absolute atomic E-state index is 0.105. The summed E-state index contributed by atoms with van der Waals surface area (Å²) in [5.41, 5.74) is 3.05. The molecule has 6 nitrogen and oxygen atoms in total. The summed E-state index contributed by atoms with van der Waals surface area (Å²) >= 11 is 6.05. The van der Waals surface area contributed by atoms with Crippen molar-refractivity contribution in [1.29, 1.82) is 0 Å². The van der Waals surface area contributed by atoms with Gasteiger partial charge in [0.1, 0.15) is 0 Å². The molecule has 2 saturated carbocycles. The van der Waals surface area contributed by atoms with Crippen LogP contribution in [0.5, 0.6) is 0 Å². The molecule has 0 aliphatic heterocycles. The van der Waals surface area contributed by atoms with Crippen molar-refractivity contribution < 1.29 is 14.7 Å². The Labute approximate surface area is 184 Å². The van der Waals surface area contributed by atoms with Gasteiger partial charge in [-0.2, -0.15) is 5.10 Å². The lowest BCUT2D eigenvalue weighted by atomic mass is 9.93. The van der Waals surface area contributed by atoms with E-state index in [-0.39, 0.29) is 23.3 Å². The fraction of sp³-hybridized carbons (Fsp3) is 0.292. The highest BCUT2D eigenvalue weighted by molar-refractivity contribution is 6.30. The van der Waals surface area contributed by atoms with Crippen LogP contribution in [0.4, 0.5) is 5.69 Å². The van der Waals surface area contributed by atoms with Crippen molar-refractivity contribution in [2.45, 2.75) is 37.6 Å². The lowest BCUT2D eigenvalue weighted by molar-refractivity contribution is -0.117. The smallest absolute Gasteiger partial charge is 0.336 e. The maximum atomic E-state index is 12.7. The van der Waals surface area contributed by atoms with Gasteiger partial charge in [-0.1, -0.05) is 29.8 Å². The van der Waals surface area contributed by atoms with Gasteiger partial charge in [-0.15, -0.1) is 0 Å². The number of carbonyl (C=O) groups is 2. The first kappa shape index (κ1) is 19.8. The van der Waals surface area contributed by atoms with Gasteiger partial charge in [0.2, 0.25) is 5.91 Å². The second-order valence-corrected chi connectivity index (χ2v) is 8.79. The van der Waals surface area contributed by atoms with Crippen molar-refractivity contribution in [3.8, 4) is 11.1 Å². The molecule has 5 rings (SSSR count). The van der Waals surface area contributed by atoms with Crippen molar-refractivity contribution in [2.75, 3.05) is 5.32 Å². The number of anilines is 1. The Morgan fingerprint density at radius 2 is 2.00 bits per heavy atom. The summed E-state index contributed by atoms with van der Waals surface area (Å²) in [6, 6.07) is 13.0. The summed E-state index contributed by atoms with van der Waals surface area (Å²) in [4.78, 5) is 24.6. The minimum Gasteiger partial charge on any atom is -0.478 e. The number of hydrogen-bond acceptors (Lipinski definition) is 3. The van der Waals surface area contributed by atoms with Gasteiger partial charge in [0, 0.05) is 28.4 Å². The van der Waals surface area contributed by atoms with Gasteiger partial charge in [-0.3, -0.25) is 9.48 Å². The van der Waals surface area contributed by atoms with Gasteiger partial charge in [0.15, 0.2) is 0 Å². The normalized spacial score (nSPS) is 20.2. The number of halogens is 1.